The van der Waals surface area contributed by atoms with Gasteiger partial charge in [-0.3, -0.25) is 5.11 Å². The van der Waals surface area contributed by atoms with Gasteiger partial charge in [0.1, 0.15) is 0 Å². The van der Waals surface area contributed by atoms with Crippen molar-refractivity contribution in [3.05, 3.63) is 65.7 Å². The highest BCUT2D eigenvalue weighted by Crippen LogP contribution is 2.33. The van der Waals surface area contributed by atoms with E-state index >= 15 is 0 Å². The number of fused-ring (bicyclic) bond motifs is 1. The van der Waals surface area contributed by atoms with Crippen molar-refractivity contribution in [1.82, 2.24) is 4.98 Å². The topological polar surface area (TPSA) is 36.0 Å². The third-order valence-corrected chi connectivity index (χ3v) is 5.75. The number of anilines is 1. The zero-order chi connectivity index (χ0) is 20.4. The van der Waals surface area contributed by atoms with Gasteiger partial charge in [0.15, 0.2) is 0 Å². The molecular formula is C23H22F3N2O. The summed E-state index contributed by atoms with van der Waals surface area (Å²) in [5.41, 5.74) is 2.01. The highest BCUT2D eigenvalue weighted by molar-refractivity contribution is 5.92. The van der Waals surface area contributed by atoms with Gasteiger partial charge >= 0.3 is 6.18 Å². The number of halogens is 3. The minimum absolute atomic E-state index is 0.219. The fraction of sp³-hybridized carbons (Fsp3) is 0.348. The summed E-state index contributed by atoms with van der Waals surface area (Å²) in [6.45, 7) is 1.73. The number of aromatic nitrogens is 1. The quantitative estimate of drug-likeness (QED) is 0.520. The molecule has 1 aliphatic heterocycles. The van der Waals surface area contributed by atoms with Crippen LogP contribution in [-0.4, -0.2) is 18.1 Å². The number of para-hydroxylation sites is 1. The van der Waals surface area contributed by atoms with Gasteiger partial charge in [0.05, 0.1) is 16.8 Å². The largest absolute Gasteiger partial charge is 0.416 e. The molecule has 0 unspecified atom stereocenters. The molecule has 0 atom stereocenters. The van der Waals surface area contributed by atoms with Crippen molar-refractivity contribution in [2.24, 2.45) is 5.92 Å². The van der Waals surface area contributed by atoms with Crippen LogP contribution in [0.1, 0.15) is 30.4 Å². The fourth-order valence-electron chi connectivity index (χ4n) is 4.09. The number of piperidine rings is 1. The average molecular weight is 399 g/mol. The van der Waals surface area contributed by atoms with E-state index in [-0.39, 0.29) is 5.88 Å². The van der Waals surface area contributed by atoms with Crippen LogP contribution in [0, 0.1) is 5.92 Å². The molecule has 29 heavy (non-hydrogen) atoms. The predicted molar refractivity (Wildman–Crippen MR) is 107 cm³/mol. The van der Waals surface area contributed by atoms with Crippen LogP contribution in [0.25, 0.3) is 10.9 Å². The summed E-state index contributed by atoms with van der Waals surface area (Å²) >= 11 is 0. The summed E-state index contributed by atoms with van der Waals surface area (Å²) < 4.78 is 38.0. The highest BCUT2D eigenvalue weighted by Gasteiger charge is 2.30. The molecule has 0 amide bonds. The number of hydrogen-bond acceptors (Lipinski definition) is 2. The lowest BCUT2D eigenvalue weighted by molar-refractivity contribution is -0.137. The lowest BCUT2D eigenvalue weighted by Crippen LogP contribution is -2.34. The van der Waals surface area contributed by atoms with Gasteiger partial charge in [0.2, 0.25) is 0 Å². The zero-order valence-corrected chi connectivity index (χ0v) is 16.0. The average Bonchev–Trinajstić information content (AvgIpc) is 2.72. The molecule has 2 heterocycles. The third-order valence-electron chi connectivity index (χ3n) is 5.75. The molecule has 3 aromatic rings. The normalized spacial score (nSPS) is 15.8. The molecule has 4 rings (SSSR count). The molecule has 0 N–H and O–H groups in total. The van der Waals surface area contributed by atoms with Crippen LogP contribution in [0.4, 0.5) is 18.9 Å². The second-order valence-electron chi connectivity index (χ2n) is 7.66. The van der Waals surface area contributed by atoms with Gasteiger partial charge in [-0.2, -0.15) is 13.2 Å². The smallest absolute Gasteiger partial charge is 0.371 e. The Morgan fingerprint density at radius 1 is 1.00 bits per heavy atom. The third kappa shape index (κ3) is 4.47. The molecule has 1 aromatic heterocycles. The number of alkyl halides is 3. The summed E-state index contributed by atoms with van der Waals surface area (Å²) in [6.07, 6.45) is -0.530. The first kappa shape index (κ1) is 19.6. The van der Waals surface area contributed by atoms with E-state index in [1.807, 2.05) is 24.3 Å². The van der Waals surface area contributed by atoms with Gasteiger partial charge in [0, 0.05) is 24.5 Å². The molecule has 1 aliphatic rings. The van der Waals surface area contributed by atoms with Crippen molar-refractivity contribution >= 4 is 16.6 Å². The van der Waals surface area contributed by atoms with Crippen molar-refractivity contribution < 1.29 is 18.3 Å². The van der Waals surface area contributed by atoms with Crippen LogP contribution in [0.15, 0.2) is 54.6 Å². The Labute approximate surface area is 167 Å². The van der Waals surface area contributed by atoms with Crippen molar-refractivity contribution in [2.75, 3.05) is 18.0 Å². The molecule has 1 fully saturated rings. The van der Waals surface area contributed by atoms with Crippen molar-refractivity contribution in [3.63, 3.8) is 0 Å². The fourth-order valence-corrected chi connectivity index (χ4v) is 4.09. The number of hydrogen-bond donors (Lipinski definition) is 0. The molecule has 2 aromatic carbocycles. The van der Waals surface area contributed by atoms with E-state index < -0.39 is 11.7 Å². The summed E-state index contributed by atoms with van der Waals surface area (Å²) in [4.78, 5) is 6.33. The van der Waals surface area contributed by atoms with Gasteiger partial charge in [-0.15, -0.1) is 0 Å². The highest BCUT2D eigenvalue weighted by atomic mass is 19.4. The predicted octanol–water partition coefficient (Wildman–Crippen LogP) is 6.25. The maximum Gasteiger partial charge on any atom is 0.416 e. The first-order chi connectivity index (χ1) is 13.9. The van der Waals surface area contributed by atoms with E-state index in [1.54, 1.807) is 18.2 Å². The molecule has 6 heteroatoms. The number of benzene rings is 2. The second kappa shape index (κ2) is 7.93. The molecular weight excluding hydrogens is 377 g/mol. The lowest BCUT2D eigenvalue weighted by atomic mass is 9.90. The zero-order valence-electron chi connectivity index (χ0n) is 16.0. The Kier molecular flexibility index (Phi) is 5.35. The van der Waals surface area contributed by atoms with Crippen molar-refractivity contribution in [3.8, 4) is 5.88 Å². The molecule has 0 aliphatic carbocycles. The number of rotatable bonds is 4. The summed E-state index contributed by atoms with van der Waals surface area (Å²) in [7, 11) is 0. The van der Waals surface area contributed by atoms with Gasteiger partial charge in [0.25, 0.3) is 5.88 Å². The van der Waals surface area contributed by atoms with E-state index in [0.29, 0.717) is 5.92 Å². The van der Waals surface area contributed by atoms with E-state index in [1.165, 1.54) is 0 Å². The van der Waals surface area contributed by atoms with Crippen LogP contribution < -0.4 is 4.90 Å². The summed E-state index contributed by atoms with van der Waals surface area (Å²) in [5, 5.41) is 12.9. The summed E-state index contributed by atoms with van der Waals surface area (Å²) in [5.74, 6) is 0.316. The molecule has 1 radical (unpaired) electrons. The summed E-state index contributed by atoms with van der Waals surface area (Å²) in [6, 6.07) is 14.8. The van der Waals surface area contributed by atoms with E-state index in [4.69, 9.17) is 0 Å². The molecule has 0 saturated carbocycles. The molecule has 1 saturated heterocycles. The van der Waals surface area contributed by atoms with E-state index in [2.05, 4.69) is 9.88 Å². The minimum Gasteiger partial charge on any atom is -0.371 e. The molecule has 0 spiro atoms. The number of aryl methyl sites for hydroxylation is 1. The molecule has 0 bridgehead atoms. The second-order valence-corrected chi connectivity index (χ2v) is 7.66. The SMILES string of the molecule is [O]c1cc(N2CCC(CCc3ccc(C(F)(F)F)cc3)CC2)c2ccccc2n1. The monoisotopic (exact) mass is 399 g/mol. The van der Waals surface area contributed by atoms with E-state index in [0.717, 1.165) is 73.1 Å². The maximum atomic E-state index is 12.7. The lowest BCUT2D eigenvalue weighted by Gasteiger charge is -2.34. The van der Waals surface area contributed by atoms with Crippen LogP contribution in [-0.2, 0) is 17.7 Å². The van der Waals surface area contributed by atoms with Crippen LogP contribution >= 0.6 is 0 Å². The van der Waals surface area contributed by atoms with Gasteiger partial charge < -0.3 is 4.90 Å². The van der Waals surface area contributed by atoms with Crippen LogP contribution in [0.3, 0.4) is 0 Å². The Hall–Kier alpha value is -2.76. The van der Waals surface area contributed by atoms with Crippen LogP contribution in [0.2, 0.25) is 0 Å². The van der Waals surface area contributed by atoms with Crippen LogP contribution in [0.5, 0.6) is 5.88 Å². The van der Waals surface area contributed by atoms with Gasteiger partial charge in [-0.25, -0.2) is 4.98 Å². The Morgan fingerprint density at radius 3 is 2.38 bits per heavy atom. The molecule has 3 nitrogen and oxygen atoms in total. The standard InChI is InChI=1S/C23H22F3N2O/c24-23(25,26)18-9-7-16(8-10-18)5-6-17-11-13-28(14-12-17)21-15-22(29)27-20-4-2-1-3-19(20)21/h1-4,7-10,15,17H,5-6,11-14H2. The van der Waals surface area contributed by atoms with Gasteiger partial charge in [-0.05, 0) is 55.4 Å². The Morgan fingerprint density at radius 2 is 1.69 bits per heavy atom. The maximum absolute atomic E-state index is 12.7. The van der Waals surface area contributed by atoms with Gasteiger partial charge in [-0.1, -0.05) is 30.3 Å². The Balaban J connectivity index is 1.36. The Bertz CT molecular complexity index is 978. The van der Waals surface area contributed by atoms with Crippen molar-refractivity contribution in [2.45, 2.75) is 31.9 Å². The first-order valence-electron chi connectivity index (χ1n) is 9.88. The number of nitrogens with zero attached hydrogens (tertiary/aromatic N) is 2. The molecule has 151 valence electrons. The first-order valence-corrected chi connectivity index (χ1v) is 9.88. The minimum atomic E-state index is -4.29. The number of pyridine rings is 1. The van der Waals surface area contributed by atoms with Crippen molar-refractivity contribution in [1.29, 1.82) is 0 Å². The van der Waals surface area contributed by atoms with E-state index in [9.17, 15) is 18.3 Å².